The Labute approximate surface area is 220 Å². The van der Waals surface area contributed by atoms with Crippen molar-refractivity contribution in [2.24, 2.45) is 0 Å². The second-order valence-corrected chi connectivity index (χ2v) is 11.1. The standard InChI is InChI=1S/C27H30ClN3O4S/c1-6-31-21-13-22(35-5)17(10-20(21)16(2)14-27(31,3)4)11-23-25(33)30(26(34)36-23)15-24(32)29-19-9-7-8-18(28)12-19/h7-13,16H,6,14-15H2,1-5H3,(H,29,32)/b23-11+. The molecule has 0 spiro atoms. The van der Waals surface area contributed by atoms with E-state index in [4.69, 9.17) is 16.3 Å². The third-order valence-electron chi connectivity index (χ3n) is 6.62. The topological polar surface area (TPSA) is 79.0 Å². The number of amides is 3. The fourth-order valence-electron chi connectivity index (χ4n) is 5.10. The van der Waals surface area contributed by atoms with Gasteiger partial charge in [-0.05, 0) is 80.8 Å². The summed E-state index contributed by atoms with van der Waals surface area (Å²) in [6.07, 6.45) is 2.68. The fraction of sp³-hybridized carbons (Fsp3) is 0.370. The van der Waals surface area contributed by atoms with Gasteiger partial charge in [0.25, 0.3) is 11.1 Å². The Morgan fingerprint density at radius 1 is 1.28 bits per heavy atom. The Kier molecular flexibility index (Phi) is 7.38. The number of benzene rings is 2. The molecule has 1 atom stereocenters. The van der Waals surface area contributed by atoms with Crippen molar-refractivity contribution >= 4 is 57.9 Å². The Morgan fingerprint density at radius 3 is 2.69 bits per heavy atom. The summed E-state index contributed by atoms with van der Waals surface area (Å²) in [6.45, 7) is 9.32. The van der Waals surface area contributed by atoms with E-state index in [1.807, 2.05) is 6.07 Å². The van der Waals surface area contributed by atoms with Gasteiger partial charge >= 0.3 is 0 Å². The highest BCUT2D eigenvalue weighted by Crippen LogP contribution is 2.46. The number of hydrogen-bond acceptors (Lipinski definition) is 6. The molecule has 0 radical (unpaired) electrons. The Hall–Kier alpha value is -2.97. The molecular weight excluding hydrogens is 498 g/mol. The summed E-state index contributed by atoms with van der Waals surface area (Å²) in [5.74, 6) is -0.0395. The summed E-state index contributed by atoms with van der Waals surface area (Å²) in [7, 11) is 1.60. The molecular formula is C27H30ClN3O4S. The van der Waals surface area contributed by atoms with Crippen molar-refractivity contribution in [2.45, 2.75) is 45.6 Å². The monoisotopic (exact) mass is 527 g/mol. The number of fused-ring (bicyclic) bond motifs is 1. The second-order valence-electron chi connectivity index (χ2n) is 9.64. The average molecular weight is 528 g/mol. The molecule has 4 rings (SSSR count). The van der Waals surface area contributed by atoms with Gasteiger partial charge in [-0.1, -0.05) is 24.6 Å². The van der Waals surface area contributed by atoms with E-state index in [0.717, 1.165) is 40.9 Å². The van der Waals surface area contributed by atoms with Crippen LogP contribution in [0.25, 0.3) is 6.08 Å². The minimum absolute atomic E-state index is 0.0159. The smallest absolute Gasteiger partial charge is 0.294 e. The Morgan fingerprint density at radius 2 is 2.03 bits per heavy atom. The van der Waals surface area contributed by atoms with Crippen LogP contribution in [0, 0.1) is 0 Å². The van der Waals surface area contributed by atoms with Gasteiger partial charge < -0.3 is 15.0 Å². The molecule has 0 aliphatic carbocycles. The van der Waals surface area contributed by atoms with Gasteiger partial charge in [0.05, 0.1) is 12.0 Å². The molecule has 2 aliphatic rings. The molecule has 0 aromatic heterocycles. The summed E-state index contributed by atoms with van der Waals surface area (Å²) >= 11 is 6.78. The normalized spacial score (nSPS) is 20.1. The van der Waals surface area contributed by atoms with E-state index in [9.17, 15) is 14.4 Å². The van der Waals surface area contributed by atoms with E-state index >= 15 is 0 Å². The van der Waals surface area contributed by atoms with E-state index in [1.165, 1.54) is 5.56 Å². The third kappa shape index (κ3) is 5.11. The zero-order valence-corrected chi connectivity index (χ0v) is 22.6. The fourth-order valence-corrected chi connectivity index (χ4v) is 6.12. The summed E-state index contributed by atoms with van der Waals surface area (Å²) < 4.78 is 5.68. The number of imide groups is 1. The van der Waals surface area contributed by atoms with E-state index in [-0.39, 0.29) is 17.0 Å². The number of anilines is 2. The molecule has 2 aromatic rings. The molecule has 1 unspecified atom stereocenters. The first-order chi connectivity index (χ1) is 17.0. The molecule has 1 saturated heterocycles. The number of nitrogens with zero attached hydrogens (tertiary/aromatic N) is 2. The molecule has 1 fully saturated rings. The first-order valence-corrected chi connectivity index (χ1v) is 13.0. The molecule has 0 saturated carbocycles. The van der Waals surface area contributed by atoms with Gasteiger partial charge in [-0.25, -0.2) is 0 Å². The van der Waals surface area contributed by atoms with Crippen molar-refractivity contribution < 1.29 is 19.1 Å². The number of nitrogens with one attached hydrogen (secondary N) is 1. The maximum atomic E-state index is 13.1. The quantitative estimate of drug-likeness (QED) is 0.455. The summed E-state index contributed by atoms with van der Waals surface area (Å²) in [5.41, 5.74) is 3.55. The van der Waals surface area contributed by atoms with Crippen molar-refractivity contribution in [3.63, 3.8) is 0 Å². The summed E-state index contributed by atoms with van der Waals surface area (Å²) in [6, 6.07) is 10.7. The molecule has 2 aromatic carbocycles. The predicted molar refractivity (Wildman–Crippen MR) is 146 cm³/mol. The van der Waals surface area contributed by atoms with Crippen molar-refractivity contribution in [1.29, 1.82) is 0 Å². The number of carbonyl (C=O) groups excluding carboxylic acids is 3. The number of ether oxygens (including phenoxy) is 1. The minimum atomic E-state index is -0.504. The molecule has 190 valence electrons. The van der Waals surface area contributed by atoms with Crippen LogP contribution in [0.1, 0.15) is 51.2 Å². The van der Waals surface area contributed by atoms with Gasteiger partial charge in [0.15, 0.2) is 0 Å². The van der Waals surface area contributed by atoms with Crippen LogP contribution in [0.4, 0.5) is 16.2 Å². The third-order valence-corrected chi connectivity index (χ3v) is 7.77. The predicted octanol–water partition coefficient (Wildman–Crippen LogP) is 6.14. The van der Waals surface area contributed by atoms with Crippen LogP contribution in [0.5, 0.6) is 5.75 Å². The van der Waals surface area contributed by atoms with Crippen molar-refractivity contribution in [3.8, 4) is 5.75 Å². The van der Waals surface area contributed by atoms with Gasteiger partial charge in [-0.2, -0.15) is 0 Å². The van der Waals surface area contributed by atoms with Crippen LogP contribution in [0.3, 0.4) is 0 Å². The molecule has 36 heavy (non-hydrogen) atoms. The van der Waals surface area contributed by atoms with Gasteiger partial charge in [0.2, 0.25) is 5.91 Å². The van der Waals surface area contributed by atoms with Gasteiger partial charge in [-0.15, -0.1) is 0 Å². The van der Waals surface area contributed by atoms with Crippen LogP contribution in [-0.4, -0.2) is 47.7 Å². The largest absolute Gasteiger partial charge is 0.496 e. The highest BCUT2D eigenvalue weighted by molar-refractivity contribution is 8.18. The molecule has 2 aliphatic heterocycles. The lowest BCUT2D eigenvalue weighted by molar-refractivity contribution is -0.127. The van der Waals surface area contributed by atoms with Crippen LogP contribution >= 0.6 is 23.4 Å². The lowest BCUT2D eigenvalue weighted by Crippen LogP contribution is -2.48. The van der Waals surface area contributed by atoms with E-state index in [0.29, 0.717) is 22.4 Å². The zero-order valence-electron chi connectivity index (χ0n) is 21.1. The van der Waals surface area contributed by atoms with E-state index in [2.05, 4.69) is 44.0 Å². The molecule has 7 nitrogen and oxygen atoms in total. The minimum Gasteiger partial charge on any atom is -0.496 e. The van der Waals surface area contributed by atoms with Crippen molar-refractivity contribution in [2.75, 3.05) is 30.4 Å². The number of methoxy groups -OCH3 is 1. The molecule has 9 heteroatoms. The van der Waals surface area contributed by atoms with Crippen LogP contribution in [-0.2, 0) is 9.59 Å². The first-order valence-electron chi connectivity index (χ1n) is 11.8. The SMILES string of the molecule is CCN1c2cc(OC)c(/C=C3/SC(=O)N(CC(=O)Nc4cccc(Cl)c4)C3=O)cc2C(C)CC1(C)C. The lowest BCUT2D eigenvalue weighted by atomic mass is 9.79. The molecule has 1 N–H and O–H groups in total. The molecule has 2 heterocycles. The average Bonchev–Trinajstić information content (AvgIpc) is 3.06. The Bertz CT molecular complexity index is 1260. The lowest BCUT2D eigenvalue weighted by Gasteiger charge is -2.47. The zero-order chi connectivity index (χ0) is 26.2. The van der Waals surface area contributed by atoms with E-state index in [1.54, 1.807) is 37.5 Å². The molecule has 3 amide bonds. The van der Waals surface area contributed by atoms with Crippen LogP contribution < -0.4 is 15.0 Å². The Balaban J connectivity index is 1.59. The number of rotatable bonds is 6. The van der Waals surface area contributed by atoms with Gasteiger partial charge in [0.1, 0.15) is 12.3 Å². The second kappa shape index (κ2) is 10.2. The van der Waals surface area contributed by atoms with Gasteiger partial charge in [0, 0.05) is 40.1 Å². The maximum absolute atomic E-state index is 13.1. The van der Waals surface area contributed by atoms with Crippen LogP contribution in [0.15, 0.2) is 41.3 Å². The molecule has 0 bridgehead atoms. The van der Waals surface area contributed by atoms with E-state index < -0.39 is 17.1 Å². The van der Waals surface area contributed by atoms with Gasteiger partial charge in [-0.3, -0.25) is 19.3 Å². The maximum Gasteiger partial charge on any atom is 0.294 e. The highest BCUT2D eigenvalue weighted by Gasteiger charge is 2.38. The first kappa shape index (κ1) is 26.1. The summed E-state index contributed by atoms with van der Waals surface area (Å²) in [4.78, 5) is 41.7. The number of halogens is 1. The number of carbonyl (C=O) groups is 3. The number of thioether (sulfide) groups is 1. The van der Waals surface area contributed by atoms with Crippen LogP contribution in [0.2, 0.25) is 5.02 Å². The van der Waals surface area contributed by atoms with Crippen molar-refractivity contribution in [1.82, 2.24) is 4.90 Å². The highest BCUT2D eigenvalue weighted by atomic mass is 35.5. The number of hydrogen-bond donors (Lipinski definition) is 1. The summed E-state index contributed by atoms with van der Waals surface area (Å²) in [5, 5.41) is 2.65. The van der Waals surface area contributed by atoms with Crippen molar-refractivity contribution in [3.05, 3.63) is 57.5 Å².